The number of ketones is 1. The van der Waals surface area contributed by atoms with Crippen molar-refractivity contribution < 1.29 is 18.7 Å². The summed E-state index contributed by atoms with van der Waals surface area (Å²) >= 11 is 0. The van der Waals surface area contributed by atoms with Gasteiger partial charge in [-0.25, -0.2) is 4.79 Å². The summed E-state index contributed by atoms with van der Waals surface area (Å²) in [6.07, 6.45) is 3.42. The van der Waals surface area contributed by atoms with Gasteiger partial charge in [-0.15, -0.1) is 0 Å². The Kier molecular flexibility index (Phi) is 3.85. The van der Waals surface area contributed by atoms with Crippen LogP contribution in [0, 0.1) is 0 Å². The lowest BCUT2D eigenvalue weighted by atomic mass is 10.3. The average molecular weight is 208 g/mol. The molecule has 0 aliphatic heterocycles. The highest BCUT2D eigenvalue weighted by molar-refractivity contribution is 6.05. The fraction of sp³-hybridized carbons (Fsp3) is 0.273. The van der Waals surface area contributed by atoms with Crippen molar-refractivity contribution in [2.45, 2.75) is 20.0 Å². The lowest BCUT2D eigenvalue weighted by molar-refractivity contribution is -0.141. The molecule has 0 radical (unpaired) electrons. The van der Waals surface area contributed by atoms with Crippen molar-refractivity contribution >= 4 is 11.8 Å². The van der Waals surface area contributed by atoms with Gasteiger partial charge in [-0.2, -0.15) is 0 Å². The van der Waals surface area contributed by atoms with Crippen LogP contribution in [0.1, 0.15) is 24.4 Å². The molecule has 0 saturated carbocycles. The summed E-state index contributed by atoms with van der Waals surface area (Å²) in [5.41, 5.74) is 0. The van der Waals surface area contributed by atoms with E-state index in [0.29, 0.717) is 0 Å². The third-order valence-corrected chi connectivity index (χ3v) is 1.49. The summed E-state index contributed by atoms with van der Waals surface area (Å²) in [5.74, 6) is -0.700. The van der Waals surface area contributed by atoms with E-state index in [4.69, 9.17) is 9.15 Å². The maximum atomic E-state index is 11.3. The first-order chi connectivity index (χ1) is 7.09. The number of carbonyl (C=O) groups is 2. The number of carbonyl (C=O) groups excluding carboxylic acids is 2. The molecular weight excluding hydrogens is 196 g/mol. The van der Waals surface area contributed by atoms with E-state index in [2.05, 4.69) is 0 Å². The Balaban J connectivity index is 2.51. The van der Waals surface area contributed by atoms with Gasteiger partial charge in [0.2, 0.25) is 5.78 Å². The molecule has 80 valence electrons. The van der Waals surface area contributed by atoms with E-state index in [9.17, 15) is 9.59 Å². The van der Waals surface area contributed by atoms with Crippen LogP contribution in [0.2, 0.25) is 0 Å². The summed E-state index contributed by atoms with van der Waals surface area (Å²) in [6.45, 7) is 3.47. The Morgan fingerprint density at radius 3 is 2.67 bits per heavy atom. The number of allylic oxidation sites excluding steroid dienone is 1. The largest absolute Gasteiger partial charge is 0.461 e. The van der Waals surface area contributed by atoms with Crippen LogP contribution in [-0.2, 0) is 9.53 Å². The lowest BCUT2D eigenvalue weighted by Crippen LogP contribution is -2.08. The Labute approximate surface area is 87.5 Å². The molecule has 0 aliphatic rings. The molecule has 1 aromatic rings. The molecule has 15 heavy (non-hydrogen) atoms. The van der Waals surface area contributed by atoms with Crippen LogP contribution in [0.25, 0.3) is 0 Å². The van der Waals surface area contributed by atoms with Crippen molar-refractivity contribution in [3.63, 3.8) is 0 Å². The fourth-order valence-electron chi connectivity index (χ4n) is 0.916. The number of esters is 1. The Hall–Kier alpha value is -1.84. The first-order valence-electron chi connectivity index (χ1n) is 4.56. The smallest absolute Gasteiger partial charge is 0.331 e. The zero-order valence-corrected chi connectivity index (χ0v) is 8.60. The van der Waals surface area contributed by atoms with Gasteiger partial charge >= 0.3 is 5.97 Å². The number of hydrogen-bond acceptors (Lipinski definition) is 4. The molecule has 0 aliphatic carbocycles. The molecule has 0 N–H and O–H groups in total. The quantitative estimate of drug-likeness (QED) is 0.431. The van der Waals surface area contributed by atoms with Crippen molar-refractivity contribution in [2.24, 2.45) is 0 Å². The molecule has 0 unspecified atom stereocenters. The molecule has 4 heteroatoms. The highest BCUT2D eigenvalue weighted by Crippen LogP contribution is 2.02. The number of furan rings is 1. The maximum absolute atomic E-state index is 11.3. The van der Waals surface area contributed by atoms with Gasteiger partial charge in [-0.1, -0.05) is 0 Å². The molecule has 0 amide bonds. The third kappa shape index (κ3) is 3.81. The SMILES string of the molecule is CC(C)OC(=O)/C=C/C(=O)c1ccco1. The topological polar surface area (TPSA) is 56.5 Å². The summed E-state index contributed by atoms with van der Waals surface area (Å²) < 4.78 is 9.67. The lowest BCUT2D eigenvalue weighted by Gasteiger charge is -2.03. The normalized spacial score (nSPS) is 10.9. The van der Waals surface area contributed by atoms with Gasteiger partial charge in [0.25, 0.3) is 0 Å². The van der Waals surface area contributed by atoms with E-state index in [1.807, 2.05) is 0 Å². The van der Waals surface area contributed by atoms with Crippen LogP contribution < -0.4 is 0 Å². The van der Waals surface area contributed by atoms with Crippen molar-refractivity contribution in [2.75, 3.05) is 0 Å². The van der Waals surface area contributed by atoms with Gasteiger partial charge in [0.1, 0.15) is 0 Å². The monoisotopic (exact) mass is 208 g/mol. The molecule has 0 fully saturated rings. The van der Waals surface area contributed by atoms with E-state index < -0.39 is 5.97 Å². The second-order valence-electron chi connectivity index (χ2n) is 3.16. The van der Waals surface area contributed by atoms with E-state index in [0.717, 1.165) is 12.2 Å². The average Bonchev–Trinajstić information content (AvgIpc) is 2.65. The van der Waals surface area contributed by atoms with Gasteiger partial charge in [-0.3, -0.25) is 4.79 Å². The second-order valence-corrected chi connectivity index (χ2v) is 3.16. The first-order valence-corrected chi connectivity index (χ1v) is 4.56. The van der Waals surface area contributed by atoms with Crippen LogP contribution in [0.4, 0.5) is 0 Å². The molecule has 1 heterocycles. The Morgan fingerprint density at radius 1 is 1.40 bits per heavy atom. The second kappa shape index (κ2) is 5.14. The molecule has 0 atom stereocenters. The summed E-state index contributed by atoms with van der Waals surface area (Å²) in [5, 5.41) is 0. The zero-order valence-electron chi connectivity index (χ0n) is 8.60. The number of hydrogen-bond donors (Lipinski definition) is 0. The highest BCUT2D eigenvalue weighted by atomic mass is 16.5. The molecule has 1 aromatic heterocycles. The minimum absolute atomic E-state index is 0.194. The predicted molar refractivity (Wildman–Crippen MR) is 53.4 cm³/mol. The minimum Gasteiger partial charge on any atom is -0.461 e. The van der Waals surface area contributed by atoms with Crippen LogP contribution in [0.5, 0.6) is 0 Å². The summed E-state index contributed by atoms with van der Waals surface area (Å²) in [6, 6.07) is 3.13. The zero-order chi connectivity index (χ0) is 11.3. The van der Waals surface area contributed by atoms with E-state index in [1.165, 1.54) is 12.3 Å². The van der Waals surface area contributed by atoms with Crippen LogP contribution >= 0.6 is 0 Å². The van der Waals surface area contributed by atoms with E-state index in [1.54, 1.807) is 19.9 Å². The number of ether oxygens (including phenoxy) is 1. The fourth-order valence-corrected chi connectivity index (χ4v) is 0.916. The third-order valence-electron chi connectivity index (χ3n) is 1.49. The molecule has 1 rings (SSSR count). The molecule has 0 aromatic carbocycles. The van der Waals surface area contributed by atoms with Crippen LogP contribution in [-0.4, -0.2) is 17.9 Å². The van der Waals surface area contributed by atoms with Gasteiger partial charge in [0.15, 0.2) is 5.76 Å². The number of rotatable bonds is 4. The molecule has 0 saturated heterocycles. The Morgan fingerprint density at radius 2 is 2.13 bits per heavy atom. The van der Waals surface area contributed by atoms with E-state index in [-0.39, 0.29) is 17.6 Å². The predicted octanol–water partition coefficient (Wildman–Crippen LogP) is 1.97. The van der Waals surface area contributed by atoms with E-state index >= 15 is 0 Å². The van der Waals surface area contributed by atoms with Gasteiger partial charge in [0.05, 0.1) is 12.4 Å². The molecule has 0 bridgehead atoms. The van der Waals surface area contributed by atoms with Crippen LogP contribution in [0.15, 0.2) is 35.0 Å². The van der Waals surface area contributed by atoms with Gasteiger partial charge < -0.3 is 9.15 Å². The summed E-state index contributed by atoms with van der Waals surface area (Å²) in [7, 11) is 0. The minimum atomic E-state index is -0.537. The molecule has 0 spiro atoms. The van der Waals surface area contributed by atoms with Crippen molar-refractivity contribution in [3.05, 3.63) is 36.3 Å². The maximum Gasteiger partial charge on any atom is 0.331 e. The van der Waals surface area contributed by atoms with Crippen molar-refractivity contribution in [3.8, 4) is 0 Å². The molecular formula is C11H12O4. The first kappa shape index (κ1) is 11.2. The summed E-state index contributed by atoms with van der Waals surface area (Å²) in [4.78, 5) is 22.3. The Bertz CT molecular complexity index is 360. The van der Waals surface area contributed by atoms with Crippen LogP contribution in [0.3, 0.4) is 0 Å². The van der Waals surface area contributed by atoms with Gasteiger partial charge in [-0.05, 0) is 32.1 Å². The van der Waals surface area contributed by atoms with Crippen molar-refractivity contribution in [1.82, 2.24) is 0 Å². The molecule has 4 nitrogen and oxygen atoms in total. The van der Waals surface area contributed by atoms with Crippen molar-refractivity contribution in [1.29, 1.82) is 0 Å². The van der Waals surface area contributed by atoms with Gasteiger partial charge in [0, 0.05) is 6.08 Å². The standard InChI is InChI=1S/C11H12O4/c1-8(2)15-11(13)6-5-9(12)10-4-3-7-14-10/h3-8H,1-2H3/b6-5+. The highest BCUT2D eigenvalue weighted by Gasteiger charge is 2.06.